The third kappa shape index (κ3) is 2.92. The molecule has 3 aromatic rings. The molecule has 3 rings (SSSR count). The van der Waals surface area contributed by atoms with E-state index in [1.807, 2.05) is 35.0 Å². The minimum absolute atomic E-state index is 0.165. The summed E-state index contributed by atoms with van der Waals surface area (Å²) in [7, 11) is -3.58. The Morgan fingerprint density at radius 1 is 1.36 bits per heavy atom. The standard InChI is InChI=1S/C14H15N5O2S/c1-11-14(9-16-18-11)22(20,21)17-8-12-3-2-4-13(7-12)19-6-5-15-10-19/h2-7,9-10,17H,8H2,1H3,(H,16,18). The SMILES string of the molecule is Cc1[nH]ncc1S(=O)(=O)NCc1cccc(-n2ccnc2)c1. The summed E-state index contributed by atoms with van der Waals surface area (Å²) in [5.74, 6) is 0. The van der Waals surface area contributed by atoms with Crippen molar-refractivity contribution in [3.05, 3.63) is 60.4 Å². The van der Waals surface area contributed by atoms with Gasteiger partial charge in [0.15, 0.2) is 0 Å². The Labute approximate surface area is 128 Å². The lowest BCUT2D eigenvalue weighted by Crippen LogP contribution is -2.23. The fraction of sp³-hybridized carbons (Fsp3) is 0.143. The molecular weight excluding hydrogens is 302 g/mol. The van der Waals surface area contributed by atoms with E-state index >= 15 is 0 Å². The molecule has 0 aliphatic carbocycles. The van der Waals surface area contributed by atoms with Gasteiger partial charge in [0.1, 0.15) is 4.90 Å². The first-order valence-corrected chi connectivity index (χ1v) is 8.11. The van der Waals surface area contributed by atoms with E-state index in [1.165, 1.54) is 6.20 Å². The van der Waals surface area contributed by atoms with Crippen LogP contribution in [0.3, 0.4) is 0 Å². The number of aromatic nitrogens is 4. The molecule has 0 radical (unpaired) electrons. The number of sulfonamides is 1. The molecule has 7 nitrogen and oxygen atoms in total. The van der Waals surface area contributed by atoms with E-state index in [0.717, 1.165) is 11.3 Å². The van der Waals surface area contributed by atoms with E-state index in [4.69, 9.17) is 0 Å². The van der Waals surface area contributed by atoms with Gasteiger partial charge in [-0.25, -0.2) is 18.1 Å². The normalized spacial score (nSPS) is 11.7. The topological polar surface area (TPSA) is 92.7 Å². The quantitative estimate of drug-likeness (QED) is 0.743. The Balaban J connectivity index is 1.77. The lowest BCUT2D eigenvalue weighted by Gasteiger charge is -2.08. The molecule has 0 unspecified atom stereocenters. The van der Waals surface area contributed by atoms with Gasteiger partial charge in [-0.05, 0) is 24.6 Å². The maximum atomic E-state index is 12.2. The molecule has 0 saturated heterocycles. The maximum absolute atomic E-state index is 12.2. The molecule has 1 aromatic carbocycles. The third-order valence-electron chi connectivity index (χ3n) is 3.25. The molecule has 0 amide bonds. The fourth-order valence-corrected chi connectivity index (χ4v) is 3.26. The van der Waals surface area contributed by atoms with Crippen LogP contribution in [-0.2, 0) is 16.6 Å². The highest BCUT2D eigenvalue weighted by molar-refractivity contribution is 7.89. The number of rotatable bonds is 5. The van der Waals surface area contributed by atoms with Crippen LogP contribution in [0.4, 0.5) is 0 Å². The summed E-state index contributed by atoms with van der Waals surface area (Å²) < 4.78 is 28.9. The molecule has 0 saturated carbocycles. The monoisotopic (exact) mass is 317 g/mol. The number of nitrogens with zero attached hydrogens (tertiary/aromatic N) is 3. The van der Waals surface area contributed by atoms with Crippen molar-refractivity contribution in [3.63, 3.8) is 0 Å². The smallest absolute Gasteiger partial charge is 0.244 e. The lowest BCUT2D eigenvalue weighted by atomic mass is 10.2. The summed E-state index contributed by atoms with van der Waals surface area (Å²) in [6, 6.07) is 7.58. The summed E-state index contributed by atoms with van der Waals surface area (Å²) in [4.78, 5) is 4.16. The second-order valence-corrected chi connectivity index (χ2v) is 6.56. The molecule has 2 aromatic heterocycles. The Hall–Kier alpha value is -2.45. The molecule has 22 heavy (non-hydrogen) atoms. The van der Waals surface area contributed by atoms with E-state index in [1.54, 1.807) is 19.4 Å². The number of hydrogen-bond donors (Lipinski definition) is 2. The molecule has 0 spiro atoms. The predicted octanol–water partition coefficient (Wildman–Crippen LogP) is 1.38. The molecule has 0 bridgehead atoms. The summed E-state index contributed by atoms with van der Waals surface area (Å²) in [5, 5.41) is 6.36. The number of H-pyrrole nitrogens is 1. The minimum atomic E-state index is -3.58. The Kier molecular flexibility index (Phi) is 3.78. The van der Waals surface area contributed by atoms with E-state index in [2.05, 4.69) is 19.9 Å². The van der Waals surface area contributed by atoms with Crippen LogP contribution in [0, 0.1) is 6.92 Å². The van der Waals surface area contributed by atoms with Crippen LogP contribution in [0.1, 0.15) is 11.3 Å². The number of aryl methyl sites for hydroxylation is 1. The van der Waals surface area contributed by atoms with Gasteiger partial charge in [0.2, 0.25) is 10.0 Å². The van der Waals surface area contributed by atoms with Gasteiger partial charge in [0.05, 0.1) is 18.2 Å². The van der Waals surface area contributed by atoms with Gasteiger partial charge in [-0.2, -0.15) is 5.10 Å². The zero-order valence-electron chi connectivity index (χ0n) is 11.9. The van der Waals surface area contributed by atoms with E-state index in [9.17, 15) is 8.42 Å². The summed E-state index contributed by atoms with van der Waals surface area (Å²) in [6.07, 6.45) is 6.52. The molecular formula is C14H15N5O2S. The van der Waals surface area contributed by atoms with Gasteiger partial charge in [-0.15, -0.1) is 0 Å². The van der Waals surface area contributed by atoms with Crippen molar-refractivity contribution >= 4 is 10.0 Å². The van der Waals surface area contributed by atoms with Crippen molar-refractivity contribution < 1.29 is 8.42 Å². The molecule has 8 heteroatoms. The number of benzene rings is 1. The average Bonchev–Trinajstić information content (AvgIpc) is 3.17. The van der Waals surface area contributed by atoms with Crippen LogP contribution in [0.2, 0.25) is 0 Å². The van der Waals surface area contributed by atoms with Crippen molar-refractivity contribution in [1.82, 2.24) is 24.5 Å². The molecule has 114 valence electrons. The average molecular weight is 317 g/mol. The lowest BCUT2D eigenvalue weighted by molar-refractivity contribution is 0.580. The second kappa shape index (κ2) is 5.74. The number of nitrogens with one attached hydrogen (secondary N) is 2. The van der Waals surface area contributed by atoms with Crippen molar-refractivity contribution in [1.29, 1.82) is 0 Å². The molecule has 0 atom stereocenters. The van der Waals surface area contributed by atoms with Crippen molar-refractivity contribution in [2.75, 3.05) is 0 Å². The number of hydrogen-bond acceptors (Lipinski definition) is 4. The van der Waals surface area contributed by atoms with Crippen LogP contribution in [-0.4, -0.2) is 28.2 Å². The zero-order valence-corrected chi connectivity index (χ0v) is 12.7. The highest BCUT2D eigenvalue weighted by Gasteiger charge is 2.18. The first-order valence-electron chi connectivity index (χ1n) is 6.63. The number of imidazole rings is 1. The van der Waals surface area contributed by atoms with Gasteiger partial charge < -0.3 is 4.57 Å². The van der Waals surface area contributed by atoms with Crippen molar-refractivity contribution in [2.45, 2.75) is 18.4 Å². The predicted molar refractivity (Wildman–Crippen MR) is 80.9 cm³/mol. The van der Waals surface area contributed by atoms with Gasteiger partial charge in [-0.1, -0.05) is 12.1 Å². The Bertz CT molecular complexity index is 868. The zero-order chi connectivity index (χ0) is 15.6. The second-order valence-electron chi connectivity index (χ2n) is 4.82. The largest absolute Gasteiger partial charge is 0.306 e. The third-order valence-corrected chi connectivity index (χ3v) is 4.77. The van der Waals surface area contributed by atoms with E-state index in [-0.39, 0.29) is 11.4 Å². The van der Waals surface area contributed by atoms with Gasteiger partial charge in [0.25, 0.3) is 0 Å². The highest BCUT2D eigenvalue weighted by Crippen LogP contribution is 2.13. The highest BCUT2D eigenvalue weighted by atomic mass is 32.2. The van der Waals surface area contributed by atoms with Crippen LogP contribution < -0.4 is 4.72 Å². The fourth-order valence-electron chi connectivity index (χ4n) is 2.11. The molecule has 2 heterocycles. The van der Waals surface area contributed by atoms with Crippen molar-refractivity contribution in [3.8, 4) is 5.69 Å². The summed E-state index contributed by atoms with van der Waals surface area (Å²) in [6.45, 7) is 1.87. The minimum Gasteiger partial charge on any atom is -0.306 e. The molecule has 0 aliphatic heterocycles. The van der Waals surface area contributed by atoms with Crippen LogP contribution in [0.5, 0.6) is 0 Å². The van der Waals surface area contributed by atoms with Gasteiger partial charge >= 0.3 is 0 Å². The molecule has 2 N–H and O–H groups in total. The van der Waals surface area contributed by atoms with Crippen LogP contribution in [0.15, 0.2) is 54.1 Å². The molecule has 0 fully saturated rings. The van der Waals surface area contributed by atoms with E-state index in [0.29, 0.717) is 5.69 Å². The first-order chi connectivity index (χ1) is 10.6. The van der Waals surface area contributed by atoms with Crippen molar-refractivity contribution in [2.24, 2.45) is 0 Å². The van der Waals surface area contributed by atoms with Gasteiger partial charge in [-0.3, -0.25) is 5.10 Å². The van der Waals surface area contributed by atoms with Gasteiger partial charge in [0, 0.05) is 24.6 Å². The Morgan fingerprint density at radius 2 is 2.23 bits per heavy atom. The summed E-state index contributed by atoms with van der Waals surface area (Å²) in [5.41, 5.74) is 2.30. The molecule has 0 aliphatic rings. The van der Waals surface area contributed by atoms with Crippen LogP contribution in [0.25, 0.3) is 5.69 Å². The summed E-state index contributed by atoms with van der Waals surface area (Å²) >= 11 is 0. The first kappa shape index (κ1) is 14.5. The maximum Gasteiger partial charge on any atom is 0.244 e. The Morgan fingerprint density at radius 3 is 2.91 bits per heavy atom. The van der Waals surface area contributed by atoms with Crippen LogP contribution >= 0.6 is 0 Å². The van der Waals surface area contributed by atoms with E-state index < -0.39 is 10.0 Å². The number of aromatic amines is 1.